The molecule has 11 heteroatoms. The smallest absolute Gasteiger partial charge is 0.316 e. The number of hydrogen-bond donors (Lipinski definition) is 4. The van der Waals surface area contributed by atoms with E-state index in [0.717, 1.165) is 32.1 Å². The fourth-order valence-electron chi connectivity index (χ4n) is 6.51. The summed E-state index contributed by atoms with van der Waals surface area (Å²) in [6.07, 6.45) is 6.09. The van der Waals surface area contributed by atoms with E-state index in [-0.39, 0.29) is 29.5 Å². The lowest BCUT2D eigenvalue weighted by atomic mass is 9.80. The summed E-state index contributed by atoms with van der Waals surface area (Å²) in [5, 5.41) is 8.46. The number of rotatable bonds is 14. The highest BCUT2D eigenvalue weighted by Crippen LogP contribution is 2.47. The van der Waals surface area contributed by atoms with Crippen molar-refractivity contribution in [3.63, 3.8) is 0 Å². The number of likely N-dealkylation sites (tertiary alicyclic amines) is 1. The molecular weight excluding hydrogens is 562 g/mol. The van der Waals surface area contributed by atoms with E-state index in [1.54, 1.807) is 0 Å². The SMILES string of the molecule is CC(C)C[C@H]1CCN(C(=O)[C@@H](NC(=O)N[C@H](C(=O)C2(C)CC2)C(C)C)C(C)(C)C)[C@@H]1C(=O)NC(CC1CCC1)C(=O)C(N)=O. The molecule has 5 N–H and O–H groups in total. The molecule has 3 aliphatic rings. The maximum absolute atomic E-state index is 14.3. The Balaban J connectivity index is 1.83. The topological polar surface area (TPSA) is 168 Å². The van der Waals surface area contributed by atoms with E-state index >= 15 is 0 Å². The third-order valence-corrected chi connectivity index (χ3v) is 9.74. The molecule has 1 saturated heterocycles. The van der Waals surface area contributed by atoms with Crippen LogP contribution in [0.5, 0.6) is 0 Å². The van der Waals surface area contributed by atoms with E-state index in [4.69, 9.17) is 5.73 Å². The Kier molecular flexibility index (Phi) is 11.3. The number of nitrogens with zero attached hydrogens (tertiary/aromatic N) is 1. The van der Waals surface area contributed by atoms with Gasteiger partial charge in [0.1, 0.15) is 12.1 Å². The number of amides is 5. The second kappa shape index (κ2) is 14.0. The van der Waals surface area contributed by atoms with Gasteiger partial charge in [0.25, 0.3) is 5.91 Å². The summed E-state index contributed by atoms with van der Waals surface area (Å²) in [5.41, 5.74) is 4.19. The predicted molar refractivity (Wildman–Crippen MR) is 167 cm³/mol. The Morgan fingerprint density at radius 2 is 1.52 bits per heavy atom. The molecule has 0 spiro atoms. The molecule has 1 heterocycles. The number of ketones is 2. The number of carbonyl (C=O) groups excluding carboxylic acids is 6. The number of nitrogens with one attached hydrogen (secondary N) is 3. The van der Waals surface area contributed by atoms with E-state index in [1.807, 2.05) is 55.4 Å². The highest BCUT2D eigenvalue weighted by molar-refractivity contribution is 6.37. The third kappa shape index (κ3) is 8.59. The van der Waals surface area contributed by atoms with Gasteiger partial charge >= 0.3 is 6.03 Å². The zero-order chi connectivity index (χ0) is 33.1. The lowest BCUT2D eigenvalue weighted by molar-refractivity contribution is -0.144. The van der Waals surface area contributed by atoms with E-state index in [0.29, 0.717) is 25.8 Å². The molecule has 11 nitrogen and oxygen atoms in total. The molecular formula is C33H55N5O6. The van der Waals surface area contributed by atoms with Gasteiger partial charge in [-0.1, -0.05) is 74.7 Å². The maximum Gasteiger partial charge on any atom is 0.316 e. The van der Waals surface area contributed by atoms with Crippen LogP contribution in [-0.4, -0.2) is 70.9 Å². The van der Waals surface area contributed by atoms with Crippen molar-refractivity contribution in [1.29, 1.82) is 0 Å². The van der Waals surface area contributed by atoms with Crippen molar-refractivity contribution in [2.24, 2.45) is 40.2 Å². The minimum absolute atomic E-state index is 0.00365. The first kappa shape index (κ1) is 35.5. The van der Waals surface area contributed by atoms with Crippen LogP contribution in [0.2, 0.25) is 0 Å². The van der Waals surface area contributed by atoms with Crippen LogP contribution in [0.25, 0.3) is 0 Å². The van der Waals surface area contributed by atoms with Crippen molar-refractivity contribution in [3.05, 3.63) is 0 Å². The van der Waals surface area contributed by atoms with Crippen LogP contribution in [0.3, 0.4) is 0 Å². The molecule has 1 aliphatic heterocycles. The largest absolute Gasteiger partial charge is 0.363 e. The molecule has 1 unspecified atom stereocenters. The zero-order valence-electron chi connectivity index (χ0n) is 28.0. The van der Waals surface area contributed by atoms with Gasteiger partial charge in [-0.05, 0) is 61.2 Å². The lowest BCUT2D eigenvalue weighted by Crippen LogP contribution is -2.62. The molecule has 5 atom stereocenters. The molecule has 248 valence electrons. The Morgan fingerprint density at radius 3 is 1.98 bits per heavy atom. The fourth-order valence-corrected chi connectivity index (χ4v) is 6.51. The van der Waals surface area contributed by atoms with Crippen molar-refractivity contribution < 1.29 is 28.8 Å². The van der Waals surface area contributed by atoms with Gasteiger partial charge < -0.3 is 26.6 Å². The Morgan fingerprint density at radius 1 is 0.909 bits per heavy atom. The predicted octanol–water partition coefficient (Wildman–Crippen LogP) is 3.09. The summed E-state index contributed by atoms with van der Waals surface area (Å²) >= 11 is 0. The molecule has 3 fully saturated rings. The highest BCUT2D eigenvalue weighted by atomic mass is 16.2. The van der Waals surface area contributed by atoms with Crippen molar-refractivity contribution in [1.82, 2.24) is 20.9 Å². The fraction of sp³-hybridized carbons (Fsp3) is 0.818. The van der Waals surface area contributed by atoms with Gasteiger partial charge in [0.15, 0.2) is 5.78 Å². The number of nitrogens with two attached hydrogens (primary N) is 1. The van der Waals surface area contributed by atoms with Crippen LogP contribution in [0.4, 0.5) is 4.79 Å². The monoisotopic (exact) mass is 617 g/mol. The summed E-state index contributed by atoms with van der Waals surface area (Å²) < 4.78 is 0. The molecule has 0 aromatic rings. The minimum Gasteiger partial charge on any atom is -0.363 e. The van der Waals surface area contributed by atoms with Gasteiger partial charge in [-0.2, -0.15) is 0 Å². The standard InChI is InChI=1S/C33H55N5O6/c1-18(2)16-21-12-15-38(24(21)29(42)35-22(25(39)28(34)41)17-20-10-9-11-20)30(43)26(32(5,6)7)37-31(44)36-23(19(3)4)27(40)33(8)13-14-33/h18-24,26H,9-17H2,1-8H3,(H2,34,41)(H,35,42)(H2,36,37,44)/t21-,22?,23+,24+,26-/m1/s1. The molecule has 44 heavy (non-hydrogen) atoms. The van der Waals surface area contributed by atoms with Crippen molar-refractivity contribution >= 4 is 35.3 Å². The van der Waals surface area contributed by atoms with Crippen LogP contribution >= 0.6 is 0 Å². The van der Waals surface area contributed by atoms with Gasteiger partial charge in [-0.15, -0.1) is 0 Å². The van der Waals surface area contributed by atoms with Crippen LogP contribution in [-0.2, 0) is 24.0 Å². The molecule has 0 bridgehead atoms. The van der Waals surface area contributed by atoms with Crippen molar-refractivity contribution in [2.75, 3.05) is 6.54 Å². The van der Waals surface area contributed by atoms with E-state index < -0.39 is 64.5 Å². The molecule has 5 amide bonds. The van der Waals surface area contributed by atoms with Gasteiger partial charge in [0.2, 0.25) is 17.6 Å². The quantitative estimate of drug-likeness (QED) is 0.219. The second-order valence-corrected chi connectivity index (χ2v) is 15.5. The normalized spacial score (nSPS) is 23.4. The van der Waals surface area contributed by atoms with Crippen LogP contribution in [0, 0.1) is 34.5 Å². The summed E-state index contributed by atoms with van der Waals surface area (Å²) in [6, 6.07) is -4.20. The zero-order valence-corrected chi connectivity index (χ0v) is 28.0. The van der Waals surface area contributed by atoms with Gasteiger partial charge in [-0.25, -0.2) is 4.79 Å². The summed E-state index contributed by atoms with van der Waals surface area (Å²) in [5.74, 6) is -2.63. The third-order valence-electron chi connectivity index (χ3n) is 9.74. The van der Waals surface area contributed by atoms with E-state index in [2.05, 4.69) is 16.0 Å². The Bertz CT molecular complexity index is 1120. The van der Waals surface area contributed by atoms with Gasteiger partial charge in [0.05, 0.1) is 12.1 Å². The first-order valence-electron chi connectivity index (χ1n) is 16.4. The summed E-state index contributed by atoms with van der Waals surface area (Å²) in [7, 11) is 0. The Hall–Kier alpha value is -2.98. The first-order valence-corrected chi connectivity index (χ1v) is 16.4. The second-order valence-electron chi connectivity index (χ2n) is 15.5. The van der Waals surface area contributed by atoms with Gasteiger partial charge in [0, 0.05) is 12.0 Å². The van der Waals surface area contributed by atoms with Crippen LogP contribution < -0.4 is 21.7 Å². The minimum atomic E-state index is -1.09. The molecule has 0 aromatic heterocycles. The summed E-state index contributed by atoms with van der Waals surface area (Å²) in [4.78, 5) is 80.7. The van der Waals surface area contributed by atoms with Crippen molar-refractivity contribution in [3.8, 4) is 0 Å². The lowest BCUT2D eigenvalue weighted by Gasteiger charge is -2.37. The number of urea groups is 1. The molecule has 2 saturated carbocycles. The average Bonchev–Trinajstić information content (AvgIpc) is 3.51. The number of hydrogen-bond acceptors (Lipinski definition) is 6. The van der Waals surface area contributed by atoms with Crippen LogP contribution in [0.15, 0.2) is 0 Å². The summed E-state index contributed by atoms with van der Waals surface area (Å²) in [6.45, 7) is 15.6. The Labute approximate surface area is 262 Å². The average molecular weight is 618 g/mol. The van der Waals surface area contributed by atoms with Gasteiger partial charge in [-0.3, -0.25) is 24.0 Å². The number of carbonyl (C=O) groups is 6. The number of primary amides is 1. The van der Waals surface area contributed by atoms with Crippen LogP contribution in [0.1, 0.15) is 107 Å². The first-order chi connectivity index (χ1) is 20.4. The maximum atomic E-state index is 14.3. The van der Waals surface area contributed by atoms with E-state index in [9.17, 15) is 28.8 Å². The molecule has 0 radical (unpaired) electrons. The number of Topliss-reactive ketones (excluding diaryl/α,β-unsaturated/α-hetero) is 2. The molecule has 2 aliphatic carbocycles. The molecule has 3 rings (SSSR count). The highest BCUT2D eigenvalue weighted by Gasteiger charge is 2.50. The van der Waals surface area contributed by atoms with E-state index in [1.165, 1.54) is 4.90 Å². The van der Waals surface area contributed by atoms with Crippen molar-refractivity contribution in [2.45, 2.75) is 131 Å². The molecule has 0 aromatic carbocycles.